The van der Waals surface area contributed by atoms with Gasteiger partial charge in [0.15, 0.2) is 5.78 Å². The highest BCUT2D eigenvalue weighted by atomic mass is 19.3. The SMILES string of the molecule is COc1cc(-c2cnc3cc(C(C)N4CCCCC4)ccn23)cc(OC(F)F)c1C(=O)CC1CC1. The number of hydrogen-bond donors (Lipinski definition) is 0. The molecule has 0 bridgehead atoms. The number of Topliss-reactive ketones (excluding diaryl/α,β-unsaturated/α-hetero) is 1. The summed E-state index contributed by atoms with van der Waals surface area (Å²) in [5.41, 5.74) is 3.33. The lowest BCUT2D eigenvalue weighted by molar-refractivity contribution is -0.0502. The Labute approximate surface area is 203 Å². The highest BCUT2D eigenvalue weighted by Crippen LogP contribution is 2.40. The molecule has 1 unspecified atom stereocenters. The van der Waals surface area contributed by atoms with Gasteiger partial charge in [-0.3, -0.25) is 14.1 Å². The maximum Gasteiger partial charge on any atom is 0.387 e. The molecule has 1 saturated carbocycles. The van der Waals surface area contributed by atoms with Gasteiger partial charge in [0.25, 0.3) is 0 Å². The number of alkyl halides is 2. The van der Waals surface area contributed by atoms with Crippen LogP contribution in [0.5, 0.6) is 11.5 Å². The molecule has 8 heteroatoms. The van der Waals surface area contributed by atoms with Crippen LogP contribution in [0.4, 0.5) is 8.78 Å². The van der Waals surface area contributed by atoms with Gasteiger partial charge in [-0.05, 0) is 81.4 Å². The van der Waals surface area contributed by atoms with Gasteiger partial charge in [-0.2, -0.15) is 8.78 Å². The standard InChI is InChI=1S/C27H31F2N3O3/c1-17(31-9-4-3-5-10-31)19-8-11-32-21(16-30-25(32)15-19)20-13-23(34-2)26(22(33)12-18-6-7-18)24(14-20)35-27(28)29/h8,11,13-18,27H,3-7,9-10,12H2,1-2H3. The predicted octanol–water partition coefficient (Wildman–Crippen LogP) is 6.14. The third-order valence-electron chi connectivity index (χ3n) is 7.21. The maximum absolute atomic E-state index is 13.3. The van der Waals surface area contributed by atoms with Crippen LogP contribution < -0.4 is 9.47 Å². The van der Waals surface area contributed by atoms with E-state index in [-0.39, 0.29) is 22.8 Å². The molecule has 1 aromatic carbocycles. The number of ether oxygens (including phenoxy) is 2. The number of aromatic nitrogens is 2. The summed E-state index contributed by atoms with van der Waals surface area (Å²) in [6.45, 7) is 1.37. The minimum Gasteiger partial charge on any atom is -0.496 e. The number of hydrogen-bond acceptors (Lipinski definition) is 5. The zero-order chi connectivity index (χ0) is 24.5. The van der Waals surface area contributed by atoms with Crippen LogP contribution in [0.2, 0.25) is 0 Å². The van der Waals surface area contributed by atoms with E-state index in [1.54, 1.807) is 12.3 Å². The van der Waals surface area contributed by atoms with Gasteiger partial charge in [0.1, 0.15) is 22.7 Å². The van der Waals surface area contributed by atoms with E-state index in [0.29, 0.717) is 29.6 Å². The summed E-state index contributed by atoms with van der Waals surface area (Å²) >= 11 is 0. The largest absolute Gasteiger partial charge is 0.496 e. The molecule has 2 aromatic heterocycles. The predicted molar refractivity (Wildman–Crippen MR) is 129 cm³/mol. The number of piperidine rings is 1. The van der Waals surface area contributed by atoms with E-state index in [1.165, 1.54) is 38.0 Å². The number of carbonyl (C=O) groups is 1. The molecule has 1 aliphatic carbocycles. The van der Waals surface area contributed by atoms with Crippen molar-refractivity contribution in [3.05, 3.63) is 47.8 Å². The molecule has 3 aromatic rings. The minimum atomic E-state index is -3.05. The minimum absolute atomic E-state index is 0.0786. The summed E-state index contributed by atoms with van der Waals surface area (Å²) in [7, 11) is 1.43. The molecule has 0 amide bonds. The molecule has 1 atom stereocenters. The van der Waals surface area contributed by atoms with E-state index >= 15 is 0 Å². The molecule has 1 saturated heterocycles. The monoisotopic (exact) mass is 483 g/mol. The summed E-state index contributed by atoms with van der Waals surface area (Å²) < 4.78 is 38.8. The Morgan fingerprint density at radius 3 is 2.57 bits per heavy atom. The number of imidazole rings is 1. The lowest BCUT2D eigenvalue weighted by atomic mass is 10.00. The second kappa shape index (κ2) is 9.93. The van der Waals surface area contributed by atoms with E-state index in [1.807, 2.05) is 10.6 Å². The summed E-state index contributed by atoms with van der Waals surface area (Å²) in [4.78, 5) is 20.0. The van der Waals surface area contributed by atoms with Crippen LogP contribution in [-0.4, -0.2) is 46.9 Å². The normalized spacial score (nSPS) is 17.6. The molecule has 1 aliphatic heterocycles. The number of carbonyl (C=O) groups excluding carboxylic acids is 1. The topological polar surface area (TPSA) is 56.1 Å². The summed E-state index contributed by atoms with van der Waals surface area (Å²) in [5, 5.41) is 0. The second-order valence-electron chi connectivity index (χ2n) is 9.61. The number of fused-ring (bicyclic) bond motifs is 1. The Hall–Kier alpha value is -3.00. The Morgan fingerprint density at radius 2 is 1.89 bits per heavy atom. The molecular formula is C27H31F2N3O3. The Bertz CT molecular complexity index is 1220. The lowest BCUT2D eigenvalue weighted by Gasteiger charge is -2.32. The Morgan fingerprint density at radius 1 is 1.14 bits per heavy atom. The molecule has 186 valence electrons. The van der Waals surface area contributed by atoms with Gasteiger partial charge in [0, 0.05) is 24.2 Å². The van der Waals surface area contributed by atoms with Crippen molar-refractivity contribution in [2.45, 2.75) is 58.1 Å². The summed E-state index contributed by atoms with van der Waals surface area (Å²) in [6.07, 6.45) is 9.68. The first-order valence-corrected chi connectivity index (χ1v) is 12.4. The average Bonchev–Trinajstić information content (AvgIpc) is 3.57. The molecule has 2 fully saturated rings. The number of pyridine rings is 1. The smallest absolute Gasteiger partial charge is 0.387 e. The molecule has 35 heavy (non-hydrogen) atoms. The van der Waals surface area contributed by atoms with Crippen molar-refractivity contribution in [2.24, 2.45) is 5.92 Å². The molecular weight excluding hydrogens is 452 g/mol. The Balaban J connectivity index is 1.51. The van der Waals surface area contributed by atoms with Crippen LogP contribution in [0.25, 0.3) is 16.9 Å². The van der Waals surface area contributed by atoms with E-state index < -0.39 is 6.61 Å². The third kappa shape index (κ3) is 5.03. The maximum atomic E-state index is 13.3. The molecule has 0 N–H and O–H groups in total. The van der Waals surface area contributed by atoms with Crippen LogP contribution in [-0.2, 0) is 0 Å². The first-order chi connectivity index (χ1) is 16.9. The molecule has 2 aliphatic rings. The van der Waals surface area contributed by atoms with Gasteiger partial charge in [-0.1, -0.05) is 6.42 Å². The Kier molecular flexibility index (Phi) is 6.73. The average molecular weight is 484 g/mol. The first-order valence-electron chi connectivity index (χ1n) is 12.4. The number of likely N-dealkylation sites (tertiary alicyclic amines) is 1. The summed E-state index contributed by atoms with van der Waals surface area (Å²) in [5.74, 6) is 0.145. The zero-order valence-electron chi connectivity index (χ0n) is 20.2. The fraction of sp³-hybridized carbons (Fsp3) is 0.481. The van der Waals surface area contributed by atoms with Crippen molar-refractivity contribution in [1.29, 1.82) is 0 Å². The van der Waals surface area contributed by atoms with Gasteiger partial charge in [-0.15, -0.1) is 0 Å². The number of rotatable bonds is 9. The number of halogens is 2. The third-order valence-corrected chi connectivity index (χ3v) is 7.21. The number of benzene rings is 1. The number of ketones is 1. The van der Waals surface area contributed by atoms with Gasteiger partial charge < -0.3 is 9.47 Å². The van der Waals surface area contributed by atoms with Crippen molar-refractivity contribution in [1.82, 2.24) is 14.3 Å². The quantitative estimate of drug-likeness (QED) is 0.342. The summed E-state index contributed by atoms with van der Waals surface area (Å²) in [6, 6.07) is 7.64. The molecule has 6 nitrogen and oxygen atoms in total. The van der Waals surface area contributed by atoms with E-state index in [0.717, 1.165) is 31.6 Å². The van der Waals surface area contributed by atoms with Crippen LogP contribution >= 0.6 is 0 Å². The van der Waals surface area contributed by atoms with Crippen LogP contribution in [0, 0.1) is 5.92 Å². The molecule has 5 rings (SSSR count). The van der Waals surface area contributed by atoms with E-state index in [9.17, 15) is 13.6 Å². The van der Waals surface area contributed by atoms with E-state index in [2.05, 4.69) is 28.9 Å². The van der Waals surface area contributed by atoms with Gasteiger partial charge in [0.05, 0.1) is 19.0 Å². The number of nitrogens with zero attached hydrogens (tertiary/aromatic N) is 3. The van der Waals surface area contributed by atoms with Crippen molar-refractivity contribution >= 4 is 11.4 Å². The van der Waals surface area contributed by atoms with Gasteiger partial charge in [0.2, 0.25) is 0 Å². The lowest BCUT2D eigenvalue weighted by Crippen LogP contribution is -2.32. The zero-order valence-corrected chi connectivity index (χ0v) is 20.2. The van der Waals surface area contributed by atoms with Crippen molar-refractivity contribution < 1.29 is 23.0 Å². The fourth-order valence-electron chi connectivity index (χ4n) is 5.04. The van der Waals surface area contributed by atoms with Crippen molar-refractivity contribution in [2.75, 3.05) is 20.2 Å². The highest BCUT2D eigenvalue weighted by molar-refractivity contribution is 6.02. The van der Waals surface area contributed by atoms with Crippen molar-refractivity contribution in [3.8, 4) is 22.8 Å². The van der Waals surface area contributed by atoms with Crippen molar-refractivity contribution in [3.63, 3.8) is 0 Å². The van der Waals surface area contributed by atoms with Gasteiger partial charge in [-0.25, -0.2) is 4.98 Å². The molecule has 0 spiro atoms. The van der Waals surface area contributed by atoms with Gasteiger partial charge >= 0.3 is 6.61 Å². The fourth-order valence-corrected chi connectivity index (χ4v) is 5.04. The molecule has 3 heterocycles. The first kappa shape index (κ1) is 23.7. The molecule has 0 radical (unpaired) electrons. The van der Waals surface area contributed by atoms with E-state index in [4.69, 9.17) is 9.47 Å². The van der Waals surface area contributed by atoms with Crippen LogP contribution in [0.15, 0.2) is 36.7 Å². The second-order valence-corrected chi connectivity index (χ2v) is 9.61. The van der Waals surface area contributed by atoms with Crippen LogP contribution in [0.3, 0.4) is 0 Å². The van der Waals surface area contributed by atoms with Crippen LogP contribution in [0.1, 0.15) is 67.4 Å². The number of methoxy groups -OCH3 is 1. The highest BCUT2D eigenvalue weighted by Gasteiger charge is 2.30.